The number of nitrogens with zero attached hydrogens (tertiary/aromatic N) is 2. The number of rotatable bonds is 3. The van der Waals surface area contributed by atoms with Crippen LogP contribution in [0.15, 0.2) is 36.5 Å². The van der Waals surface area contributed by atoms with Crippen LogP contribution in [0.25, 0.3) is 0 Å². The maximum atomic E-state index is 12.0. The molecule has 1 N–H and O–H groups in total. The Balaban J connectivity index is 2.11. The number of benzene rings is 1. The first kappa shape index (κ1) is 13.5. The predicted octanol–water partition coefficient (Wildman–Crippen LogP) is 3.51. The molecule has 0 spiro atoms. The van der Waals surface area contributed by atoms with E-state index in [0.29, 0.717) is 17.3 Å². The average molecular weight is 276 g/mol. The molecule has 0 aliphatic carbocycles. The molecule has 1 heterocycles. The maximum Gasteiger partial charge on any atom is 0.256 e. The molecule has 0 aliphatic heterocycles. The van der Waals surface area contributed by atoms with E-state index in [1.54, 1.807) is 18.2 Å². The van der Waals surface area contributed by atoms with Crippen molar-refractivity contribution in [3.8, 4) is 0 Å². The van der Waals surface area contributed by atoms with Gasteiger partial charge < -0.3 is 5.32 Å². The smallest absolute Gasteiger partial charge is 0.256 e. The number of amides is 1. The van der Waals surface area contributed by atoms with Gasteiger partial charge >= 0.3 is 0 Å². The van der Waals surface area contributed by atoms with Crippen LogP contribution < -0.4 is 5.32 Å². The number of hydrogen-bond acceptors (Lipinski definition) is 3. The molecule has 4 nitrogen and oxygen atoms in total. The van der Waals surface area contributed by atoms with E-state index in [1.807, 2.05) is 12.1 Å². The molecule has 2 rings (SSSR count). The van der Waals surface area contributed by atoms with Crippen LogP contribution in [0.5, 0.6) is 0 Å². The monoisotopic (exact) mass is 275 g/mol. The van der Waals surface area contributed by atoms with E-state index in [9.17, 15) is 4.79 Å². The first-order valence-corrected chi connectivity index (χ1v) is 6.34. The summed E-state index contributed by atoms with van der Waals surface area (Å²) >= 11 is 5.66. The highest BCUT2D eigenvalue weighted by atomic mass is 35.5. The highest BCUT2D eigenvalue weighted by Crippen LogP contribution is 2.15. The van der Waals surface area contributed by atoms with Gasteiger partial charge in [-0.2, -0.15) is 0 Å². The number of carbonyl (C=O) groups excluding carboxylic acids is 1. The van der Waals surface area contributed by atoms with E-state index < -0.39 is 0 Å². The van der Waals surface area contributed by atoms with Gasteiger partial charge in [0.05, 0.1) is 0 Å². The highest BCUT2D eigenvalue weighted by molar-refractivity contribution is 6.28. The minimum Gasteiger partial charge on any atom is -0.306 e. The van der Waals surface area contributed by atoms with Crippen molar-refractivity contribution in [1.82, 2.24) is 9.97 Å². The topological polar surface area (TPSA) is 54.9 Å². The minimum atomic E-state index is -0.218. The van der Waals surface area contributed by atoms with Crippen molar-refractivity contribution in [2.75, 3.05) is 5.32 Å². The lowest BCUT2D eigenvalue weighted by Gasteiger charge is -2.07. The fraction of sp³-hybridized carbons (Fsp3) is 0.214. The van der Waals surface area contributed by atoms with Crippen molar-refractivity contribution >= 4 is 23.3 Å². The van der Waals surface area contributed by atoms with Crippen LogP contribution in [0, 0.1) is 0 Å². The Bertz CT molecular complexity index is 581. The van der Waals surface area contributed by atoms with Gasteiger partial charge in [-0.1, -0.05) is 26.0 Å². The zero-order valence-corrected chi connectivity index (χ0v) is 11.5. The number of anilines is 1. The standard InChI is InChI=1S/C14H14ClN3O/c1-9(2)10-3-5-11(6-4-10)13(19)17-12-7-8-16-14(15)18-12/h3-9H,1-2H3,(H,16,17,18,19). The number of carbonyl (C=O) groups is 1. The Hall–Kier alpha value is -1.94. The molecule has 0 saturated heterocycles. The Morgan fingerprint density at radius 2 is 1.89 bits per heavy atom. The quantitative estimate of drug-likeness (QED) is 0.872. The van der Waals surface area contributed by atoms with Gasteiger partial charge in [0, 0.05) is 11.8 Å². The van der Waals surface area contributed by atoms with Crippen molar-refractivity contribution in [2.45, 2.75) is 19.8 Å². The zero-order valence-electron chi connectivity index (χ0n) is 10.7. The SMILES string of the molecule is CC(C)c1ccc(C(=O)Nc2ccnc(Cl)n2)cc1. The molecule has 0 radical (unpaired) electrons. The molecule has 0 fully saturated rings. The summed E-state index contributed by atoms with van der Waals surface area (Å²) in [5.74, 6) is 0.612. The largest absolute Gasteiger partial charge is 0.306 e. The van der Waals surface area contributed by atoms with Gasteiger partial charge in [-0.15, -0.1) is 0 Å². The molecule has 1 amide bonds. The Kier molecular flexibility index (Phi) is 4.12. The van der Waals surface area contributed by atoms with E-state index in [-0.39, 0.29) is 11.2 Å². The summed E-state index contributed by atoms with van der Waals surface area (Å²) in [5, 5.41) is 2.78. The summed E-state index contributed by atoms with van der Waals surface area (Å²) in [6.45, 7) is 4.22. The second-order valence-electron chi connectivity index (χ2n) is 4.44. The van der Waals surface area contributed by atoms with Crippen LogP contribution in [-0.2, 0) is 0 Å². The first-order valence-electron chi connectivity index (χ1n) is 5.96. The van der Waals surface area contributed by atoms with Gasteiger partial charge in [0.25, 0.3) is 5.91 Å². The van der Waals surface area contributed by atoms with Gasteiger partial charge in [0.15, 0.2) is 0 Å². The van der Waals surface area contributed by atoms with Crippen LogP contribution in [0.1, 0.15) is 35.7 Å². The molecule has 1 aromatic carbocycles. The van der Waals surface area contributed by atoms with Crippen LogP contribution in [0.3, 0.4) is 0 Å². The number of halogens is 1. The van der Waals surface area contributed by atoms with Gasteiger partial charge in [0.2, 0.25) is 5.28 Å². The number of hydrogen-bond donors (Lipinski definition) is 1. The van der Waals surface area contributed by atoms with E-state index >= 15 is 0 Å². The summed E-state index contributed by atoms with van der Waals surface area (Å²) in [5.41, 5.74) is 1.78. The van der Waals surface area contributed by atoms with E-state index in [2.05, 4.69) is 29.1 Å². The second kappa shape index (κ2) is 5.80. The summed E-state index contributed by atoms with van der Waals surface area (Å²) < 4.78 is 0. The first-order chi connectivity index (χ1) is 9.06. The van der Waals surface area contributed by atoms with Crippen molar-refractivity contribution < 1.29 is 4.79 Å². The molecule has 0 unspecified atom stereocenters. The Labute approximate surface area is 116 Å². The highest BCUT2D eigenvalue weighted by Gasteiger charge is 2.08. The average Bonchev–Trinajstić information content (AvgIpc) is 2.39. The van der Waals surface area contributed by atoms with Gasteiger partial charge in [-0.25, -0.2) is 9.97 Å². The Morgan fingerprint density at radius 3 is 2.47 bits per heavy atom. The second-order valence-corrected chi connectivity index (χ2v) is 4.78. The maximum absolute atomic E-state index is 12.0. The summed E-state index contributed by atoms with van der Waals surface area (Å²) in [7, 11) is 0. The lowest BCUT2D eigenvalue weighted by molar-refractivity contribution is 0.102. The van der Waals surface area contributed by atoms with Crippen LogP contribution in [-0.4, -0.2) is 15.9 Å². The third kappa shape index (κ3) is 3.51. The Morgan fingerprint density at radius 1 is 1.21 bits per heavy atom. The van der Waals surface area contributed by atoms with Gasteiger partial charge in [-0.3, -0.25) is 4.79 Å². The minimum absolute atomic E-state index is 0.105. The fourth-order valence-corrected chi connectivity index (χ4v) is 1.76. The molecule has 0 aliphatic rings. The van der Waals surface area contributed by atoms with Gasteiger partial charge in [-0.05, 0) is 41.3 Å². The molecule has 0 bridgehead atoms. The predicted molar refractivity (Wildman–Crippen MR) is 75.5 cm³/mol. The molecule has 19 heavy (non-hydrogen) atoms. The van der Waals surface area contributed by atoms with Gasteiger partial charge in [0.1, 0.15) is 5.82 Å². The molecule has 0 atom stereocenters. The van der Waals surface area contributed by atoms with Crippen molar-refractivity contribution in [1.29, 1.82) is 0 Å². The third-order valence-electron chi connectivity index (χ3n) is 2.71. The fourth-order valence-electron chi connectivity index (χ4n) is 1.61. The van der Waals surface area contributed by atoms with E-state index in [0.717, 1.165) is 0 Å². The van der Waals surface area contributed by atoms with Crippen molar-refractivity contribution in [3.05, 3.63) is 52.9 Å². The van der Waals surface area contributed by atoms with Crippen LogP contribution in [0.2, 0.25) is 5.28 Å². The third-order valence-corrected chi connectivity index (χ3v) is 2.89. The van der Waals surface area contributed by atoms with Crippen LogP contribution >= 0.6 is 11.6 Å². The molecule has 5 heteroatoms. The lowest BCUT2D eigenvalue weighted by Crippen LogP contribution is -2.13. The summed E-state index contributed by atoms with van der Waals surface area (Å²) in [4.78, 5) is 19.7. The van der Waals surface area contributed by atoms with Crippen LogP contribution in [0.4, 0.5) is 5.82 Å². The number of nitrogens with one attached hydrogen (secondary N) is 1. The van der Waals surface area contributed by atoms with E-state index in [4.69, 9.17) is 11.6 Å². The summed E-state index contributed by atoms with van der Waals surface area (Å²) in [6.07, 6.45) is 1.49. The molecular weight excluding hydrogens is 262 g/mol. The van der Waals surface area contributed by atoms with Crippen molar-refractivity contribution in [2.24, 2.45) is 0 Å². The lowest BCUT2D eigenvalue weighted by atomic mass is 10.0. The number of aromatic nitrogens is 2. The molecule has 0 saturated carbocycles. The molecular formula is C14H14ClN3O. The molecule has 98 valence electrons. The normalized spacial score (nSPS) is 10.5. The zero-order chi connectivity index (χ0) is 13.8. The summed E-state index contributed by atoms with van der Waals surface area (Å²) in [6, 6.07) is 9.09. The molecule has 1 aromatic heterocycles. The van der Waals surface area contributed by atoms with E-state index in [1.165, 1.54) is 11.8 Å². The van der Waals surface area contributed by atoms with Crippen molar-refractivity contribution in [3.63, 3.8) is 0 Å². The molecule has 2 aromatic rings.